The molecule has 0 aliphatic carbocycles. The van der Waals surface area contributed by atoms with Crippen LogP contribution in [0.4, 0.5) is 11.4 Å². The SMILES string of the molecule is COc1c(Cl)cccc1Nc1c(-c2ccncc2C#CC2B(C#N)CC2(C)C)[nH]c2c1C(=O)NCC2. The van der Waals surface area contributed by atoms with Crippen LogP contribution in [0.2, 0.25) is 17.2 Å². The molecule has 7 nitrogen and oxygen atoms in total. The molecule has 1 atom stereocenters. The normalized spacial score (nSPS) is 17.6. The lowest BCUT2D eigenvalue weighted by molar-refractivity contribution is 0.0947. The summed E-state index contributed by atoms with van der Waals surface area (Å²) >= 11 is 6.36. The number of nitrogens with zero attached hydrogens (tertiary/aromatic N) is 2. The van der Waals surface area contributed by atoms with Gasteiger partial charge in [-0.2, -0.15) is 0 Å². The third kappa shape index (κ3) is 4.08. The Morgan fingerprint density at radius 2 is 2.17 bits per heavy atom. The number of hydrogen-bond acceptors (Lipinski definition) is 5. The van der Waals surface area contributed by atoms with E-state index in [2.05, 4.69) is 52.3 Å². The van der Waals surface area contributed by atoms with Crippen LogP contribution in [-0.4, -0.2) is 36.2 Å². The molecular weight excluding hydrogens is 473 g/mol. The molecule has 5 rings (SSSR count). The molecule has 2 aromatic heterocycles. The van der Waals surface area contributed by atoms with Crippen LogP contribution in [0.1, 0.15) is 35.5 Å². The zero-order chi connectivity index (χ0) is 25.4. The number of rotatable bonds is 4. The standard InChI is InChI=1S/C27H25BClN5O2/c1-27(2)14-28(15-30)21(27)8-7-16-13-31-11-9-17(16)23-24(22-19(33-23)10-12-32-26(22)35)34-20-6-4-5-18(29)25(20)36-3/h4-6,9,11,13,21,33-34H,10,12,14H2,1-3H3,(H,32,35). The number of aromatic nitrogens is 2. The van der Waals surface area contributed by atoms with Gasteiger partial charge >= 0.3 is 0 Å². The molecule has 3 N–H and O–H groups in total. The lowest BCUT2D eigenvalue weighted by atomic mass is 9.22. The van der Waals surface area contributed by atoms with Crippen LogP contribution in [-0.2, 0) is 6.42 Å². The van der Waals surface area contributed by atoms with Gasteiger partial charge in [0.2, 0.25) is 0 Å². The van der Waals surface area contributed by atoms with Gasteiger partial charge in [-0.05, 0) is 23.6 Å². The van der Waals surface area contributed by atoms with Crippen molar-refractivity contribution in [3.8, 4) is 34.8 Å². The number of nitrogens with one attached hydrogen (secondary N) is 3. The molecule has 2 aliphatic heterocycles. The molecule has 0 saturated carbocycles. The quantitative estimate of drug-likeness (QED) is 0.344. The van der Waals surface area contributed by atoms with E-state index in [4.69, 9.17) is 16.3 Å². The maximum atomic E-state index is 13.0. The molecule has 1 saturated heterocycles. The Morgan fingerprint density at radius 1 is 1.33 bits per heavy atom. The zero-order valence-electron chi connectivity index (χ0n) is 20.3. The number of pyridine rings is 1. The van der Waals surface area contributed by atoms with Gasteiger partial charge in [-0.25, -0.2) is 5.26 Å². The predicted octanol–water partition coefficient (Wildman–Crippen LogP) is 5.09. The fourth-order valence-corrected chi connectivity index (χ4v) is 5.39. The minimum atomic E-state index is -0.156. The topological polar surface area (TPSA) is 103 Å². The van der Waals surface area contributed by atoms with Crippen molar-refractivity contribution in [1.82, 2.24) is 15.3 Å². The molecule has 1 unspecified atom stereocenters. The highest BCUT2D eigenvalue weighted by atomic mass is 35.5. The highest BCUT2D eigenvalue weighted by molar-refractivity contribution is 6.72. The summed E-state index contributed by atoms with van der Waals surface area (Å²) in [5, 5.41) is 16.3. The van der Waals surface area contributed by atoms with E-state index < -0.39 is 0 Å². The monoisotopic (exact) mass is 497 g/mol. The van der Waals surface area contributed by atoms with Crippen molar-refractivity contribution in [1.29, 1.82) is 5.26 Å². The Bertz CT molecular complexity index is 1460. The number of para-hydroxylation sites is 1. The lowest BCUT2D eigenvalue weighted by Gasteiger charge is -2.43. The molecule has 9 heteroatoms. The molecule has 2 aliphatic rings. The van der Waals surface area contributed by atoms with Crippen molar-refractivity contribution in [2.45, 2.75) is 32.4 Å². The Kier molecular flexibility index (Phi) is 6.16. The van der Waals surface area contributed by atoms with Crippen molar-refractivity contribution < 1.29 is 9.53 Å². The number of hydrogen-bond donors (Lipinski definition) is 3. The van der Waals surface area contributed by atoms with E-state index in [0.29, 0.717) is 40.7 Å². The minimum absolute atomic E-state index is 0.00473. The summed E-state index contributed by atoms with van der Waals surface area (Å²) in [5.74, 6) is 9.33. The summed E-state index contributed by atoms with van der Waals surface area (Å²) < 4.78 is 5.53. The third-order valence-corrected chi connectivity index (χ3v) is 7.30. The predicted molar refractivity (Wildman–Crippen MR) is 142 cm³/mol. The minimum Gasteiger partial charge on any atom is -0.493 e. The molecule has 0 bridgehead atoms. The maximum absolute atomic E-state index is 13.0. The number of anilines is 2. The summed E-state index contributed by atoms with van der Waals surface area (Å²) in [6.45, 7) is 4.77. The molecule has 0 radical (unpaired) electrons. The number of aromatic amines is 1. The van der Waals surface area contributed by atoms with Crippen molar-refractivity contribution >= 4 is 35.6 Å². The van der Waals surface area contributed by atoms with Gasteiger partial charge in [-0.15, -0.1) is 5.92 Å². The molecule has 4 heterocycles. The molecule has 180 valence electrons. The van der Waals surface area contributed by atoms with Crippen LogP contribution in [0.25, 0.3) is 11.3 Å². The van der Waals surface area contributed by atoms with Gasteiger partial charge in [0.05, 0.1) is 40.3 Å². The number of nitriles is 1. The smallest absolute Gasteiger partial charge is 0.284 e. The van der Waals surface area contributed by atoms with Crippen LogP contribution >= 0.6 is 11.6 Å². The number of amides is 1. The number of benzene rings is 1. The van der Waals surface area contributed by atoms with Crippen LogP contribution in [0.3, 0.4) is 0 Å². The zero-order valence-corrected chi connectivity index (χ0v) is 21.1. The number of halogens is 1. The van der Waals surface area contributed by atoms with Gasteiger partial charge in [0.15, 0.2) is 5.75 Å². The third-order valence-electron chi connectivity index (χ3n) is 7.00. The van der Waals surface area contributed by atoms with Crippen molar-refractivity contribution in [3.63, 3.8) is 0 Å². The van der Waals surface area contributed by atoms with E-state index in [1.807, 2.05) is 18.2 Å². The van der Waals surface area contributed by atoms with Crippen molar-refractivity contribution in [2.24, 2.45) is 5.41 Å². The molecule has 1 aromatic carbocycles. The summed E-state index contributed by atoms with van der Waals surface area (Å²) in [4.78, 5) is 20.7. The Balaban J connectivity index is 1.63. The molecule has 3 aromatic rings. The Hall–Kier alpha value is -3.88. The molecule has 1 fully saturated rings. The van der Waals surface area contributed by atoms with E-state index in [0.717, 1.165) is 28.8 Å². The molecular formula is C27H25BClN5O2. The number of carbonyl (C=O) groups excluding carboxylic acids is 1. The molecule has 0 spiro atoms. The van der Waals surface area contributed by atoms with Crippen molar-refractivity contribution in [2.75, 3.05) is 19.0 Å². The van der Waals surface area contributed by atoms with Gasteiger partial charge in [-0.3, -0.25) is 9.78 Å². The van der Waals surface area contributed by atoms with E-state index in [9.17, 15) is 10.1 Å². The summed E-state index contributed by atoms with van der Waals surface area (Å²) in [7, 11) is 1.56. The average Bonchev–Trinajstić information content (AvgIpc) is 3.22. The van der Waals surface area contributed by atoms with Crippen LogP contribution in [0, 0.1) is 28.5 Å². The van der Waals surface area contributed by atoms with E-state index in [1.54, 1.807) is 25.6 Å². The number of H-pyrrole nitrogens is 1. The van der Waals surface area contributed by atoms with Gasteiger partial charge in [-0.1, -0.05) is 43.8 Å². The largest absolute Gasteiger partial charge is 0.493 e. The number of ether oxygens (including phenoxy) is 1. The first-order valence-corrected chi connectivity index (χ1v) is 12.2. The van der Waals surface area contributed by atoms with Gasteiger partial charge in [0.1, 0.15) is 0 Å². The maximum Gasteiger partial charge on any atom is 0.284 e. The second kappa shape index (κ2) is 9.30. The summed E-state index contributed by atoms with van der Waals surface area (Å²) in [5.41, 5.74) is 4.92. The van der Waals surface area contributed by atoms with Crippen LogP contribution in [0.5, 0.6) is 5.75 Å². The number of methoxy groups -OCH3 is 1. The Labute approximate surface area is 215 Å². The number of fused-ring (bicyclic) bond motifs is 1. The highest BCUT2D eigenvalue weighted by Crippen LogP contribution is 2.50. The van der Waals surface area contributed by atoms with Gasteiger partial charge in [0, 0.05) is 48.4 Å². The fraction of sp³-hybridized carbons (Fsp3) is 0.296. The molecule has 1 amide bonds. The molecule has 36 heavy (non-hydrogen) atoms. The first-order valence-electron chi connectivity index (χ1n) is 11.8. The fourth-order valence-electron chi connectivity index (χ4n) is 5.14. The summed E-state index contributed by atoms with van der Waals surface area (Å²) in [6, 6.07) is 7.30. The van der Waals surface area contributed by atoms with E-state index in [1.165, 1.54) is 0 Å². The van der Waals surface area contributed by atoms with Gasteiger partial charge < -0.3 is 20.4 Å². The lowest BCUT2D eigenvalue weighted by Crippen LogP contribution is -2.44. The van der Waals surface area contributed by atoms with Crippen LogP contribution < -0.4 is 15.4 Å². The average molecular weight is 498 g/mol. The first kappa shape index (κ1) is 23.8. The van der Waals surface area contributed by atoms with E-state index in [-0.39, 0.29) is 23.9 Å². The first-order chi connectivity index (χ1) is 17.3. The van der Waals surface area contributed by atoms with Crippen molar-refractivity contribution in [3.05, 3.63) is 58.5 Å². The van der Waals surface area contributed by atoms with Crippen LogP contribution in [0.15, 0.2) is 36.7 Å². The number of carbonyl (C=O) groups is 1. The second-order valence-electron chi connectivity index (χ2n) is 9.78. The van der Waals surface area contributed by atoms with E-state index >= 15 is 0 Å². The van der Waals surface area contributed by atoms with Gasteiger partial charge in [0.25, 0.3) is 12.6 Å². The summed E-state index contributed by atoms with van der Waals surface area (Å²) in [6.07, 6.45) is 4.94. The Morgan fingerprint density at radius 3 is 2.92 bits per heavy atom. The second-order valence-corrected chi connectivity index (χ2v) is 10.2. The highest BCUT2D eigenvalue weighted by Gasteiger charge is 2.49.